The van der Waals surface area contributed by atoms with Gasteiger partial charge in [-0.2, -0.15) is 4.31 Å². The molecular weight excluding hydrogens is 1040 g/mol. The lowest BCUT2D eigenvalue weighted by Gasteiger charge is -2.36. The van der Waals surface area contributed by atoms with Crippen molar-refractivity contribution in [1.82, 2.24) is 19.4 Å². The van der Waals surface area contributed by atoms with E-state index in [9.17, 15) is 16.8 Å². The fourth-order valence-corrected chi connectivity index (χ4v) is 13.4. The van der Waals surface area contributed by atoms with Crippen LogP contribution < -0.4 is 24.3 Å². The highest BCUT2D eigenvalue weighted by Crippen LogP contribution is 2.50. The van der Waals surface area contributed by atoms with Crippen LogP contribution in [0.25, 0.3) is 0 Å². The number of methoxy groups -OCH3 is 4. The molecule has 20 heteroatoms. The van der Waals surface area contributed by atoms with Gasteiger partial charge in [0.25, 0.3) is 9.05 Å². The van der Waals surface area contributed by atoms with Crippen LogP contribution in [0.3, 0.4) is 0 Å². The smallest absolute Gasteiger partial charge is 0.262 e. The van der Waals surface area contributed by atoms with Gasteiger partial charge in [0.05, 0.1) is 38.5 Å². The highest BCUT2D eigenvalue weighted by Gasteiger charge is 2.38. The van der Waals surface area contributed by atoms with E-state index < -0.39 is 19.1 Å². The van der Waals surface area contributed by atoms with Crippen molar-refractivity contribution in [3.8, 4) is 23.0 Å². The van der Waals surface area contributed by atoms with Crippen molar-refractivity contribution in [3.05, 3.63) is 104 Å². The molecule has 12 nitrogen and oxygen atoms in total. The summed E-state index contributed by atoms with van der Waals surface area (Å²) in [4.78, 5) is 5.29. The molecule has 8 rings (SSSR count). The molecule has 0 amide bonds. The van der Waals surface area contributed by atoms with Gasteiger partial charge in [0.1, 0.15) is 9.79 Å². The second-order valence-electron chi connectivity index (χ2n) is 16.4. The van der Waals surface area contributed by atoms with Gasteiger partial charge >= 0.3 is 0 Å². The molecule has 2 aliphatic heterocycles. The van der Waals surface area contributed by atoms with Gasteiger partial charge in [-0.25, -0.2) is 16.8 Å². The van der Waals surface area contributed by atoms with Crippen LogP contribution in [0.15, 0.2) is 70.5 Å². The first-order chi connectivity index (χ1) is 31.2. The highest BCUT2D eigenvalue weighted by atomic mass is 35.7. The fourth-order valence-electron chi connectivity index (χ4n) is 9.90. The second kappa shape index (κ2) is 27.4. The number of hydrogen-bond donors (Lipinski definition) is 1. The zero-order valence-electron chi connectivity index (χ0n) is 39.5. The van der Waals surface area contributed by atoms with Crippen molar-refractivity contribution in [3.63, 3.8) is 0 Å². The number of nitrogens with zero attached hydrogens (tertiary/aromatic N) is 3. The van der Waals surface area contributed by atoms with E-state index in [1.807, 2.05) is 6.92 Å². The third kappa shape index (κ3) is 13.5. The van der Waals surface area contributed by atoms with E-state index in [0.717, 1.165) is 87.7 Å². The maximum absolute atomic E-state index is 13.1. The van der Waals surface area contributed by atoms with Crippen molar-refractivity contribution in [1.29, 1.82) is 0 Å². The zero-order chi connectivity index (χ0) is 46.9. The summed E-state index contributed by atoms with van der Waals surface area (Å²) in [7, 11) is 4.63. The van der Waals surface area contributed by atoms with Crippen LogP contribution in [0.2, 0.25) is 10.0 Å². The summed E-state index contributed by atoms with van der Waals surface area (Å²) in [6, 6.07) is 17.9. The molecule has 4 aromatic carbocycles. The quantitative estimate of drug-likeness (QED) is 0.0802. The van der Waals surface area contributed by atoms with Gasteiger partial charge in [0.15, 0.2) is 23.0 Å². The Morgan fingerprint density at radius 1 is 0.662 bits per heavy atom. The number of benzene rings is 4. The van der Waals surface area contributed by atoms with E-state index in [1.54, 1.807) is 64.8 Å². The van der Waals surface area contributed by atoms with E-state index in [1.165, 1.54) is 75.7 Å². The van der Waals surface area contributed by atoms with Crippen molar-refractivity contribution < 1.29 is 35.8 Å². The molecule has 4 aromatic rings. The third-order valence-electron chi connectivity index (χ3n) is 12.8. The first-order valence-electron chi connectivity index (χ1n) is 22.4. The summed E-state index contributed by atoms with van der Waals surface area (Å²) in [5, 5.41) is 3.83. The largest absolute Gasteiger partial charge is 0.493 e. The Bertz CT molecular complexity index is 2510. The van der Waals surface area contributed by atoms with Crippen molar-refractivity contribution in [2.24, 2.45) is 0 Å². The molecule has 2 aliphatic carbocycles. The first kappa shape index (κ1) is 59.9. The molecular formula is C48H66Cl6N4O8S2. The topological polar surface area (TPSA) is 127 Å². The molecule has 2 unspecified atom stereocenters. The molecule has 380 valence electrons. The Morgan fingerprint density at radius 3 is 1.51 bits per heavy atom. The number of halogens is 6. The Labute approximate surface area is 437 Å². The summed E-state index contributed by atoms with van der Waals surface area (Å²) in [5.41, 5.74) is 8.41. The van der Waals surface area contributed by atoms with Gasteiger partial charge in [0, 0.05) is 66.6 Å². The molecule has 2 heterocycles. The minimum absolute atomic E-state index is 0. The van der Waals surface area contributed by atoms with Crippen molar-refractivity contribution in [2.75, 3.05) is 80.8 Å². The van der Waals surface area contributed by atoms with E-state index in [2.05, 4.69) is 34.2 Å². The Balaban J connectivity index is 0.000000295. The normalized spacial score (nSPS) is 16.9. The predicted octanol–water partition coefficient (Wildman–Crippen LogP) is 10.4. The fraction of sp³-hybridized carbons (Fsp3) is 0.500. The zero-order valence-corrected chi connectivity index (χ0v) is 45.9. The Kier molecular flexibility index (Phi) is 24.1. The average Bonchev–Trinajstić information content (AvgIpc) is 3.95. The molecule has 68 heavy (non-hydrogen) atoms. The number of ether oxygens (including phenoxy) is 4. The van der Waals surface area contributed by atoms with Gasteiger partial charge in [-0.3, -0.25) is 9.80 Å². The Hall–Kier alpha value is -2.44. The SMILES string of the molecule is CCN(CCCN1CCc2cc(OC)c(OC)c3c2C1CC3)S(=O)(=O)c1ccccc1Cl.CCNCCCN1CCc2cc(OC)c(OC)c3c2C1CC3.Cl.Cl.Cl.O=S(=O)(Cl)c1ccccc1Cl. The van der Waals surface area contributed by atoms with Gasteiger partial charge in [-0.1, -0.05) is 61.3 Å². The predicted molar refractivity (Wildman–Crippen MR) is 282 cm³/mol. The van der Waals surface area contributed by atoms with Gasteiger partial charge in [-0.05, 0) is 130 Å². The molecule has 0 fully saturated rings. The van der Waals surface area contributed by atoms with Crippen LogP contribution in [-0.4, -0.2) is 112 Å². The minimum Gasteiger partial charge on any atom is -0.493 e. The summed E-state index contributed by atoms with van der Waals surface area (Å²) in [6.07, 6.45) is 8.44. The van der Waals surface area contributed by atoms with Crippen LogP contribution in [0.1, 0.15) is 85.0 Å². The van der Waals surface area contributed by atoms with Gasteiger partial charge < -0.3 is 24.3 Å². The standard InChI is InChI=1S/C24H31ClN2O4S.C18H28N2O2.C6H4Cl2O2S.3ClH/c1-4-27(32(28,29)22-9-6-5-8-19(22)25)14-7-13-26-15-12-17-16-21(30-2)24(31-3)18-10-11-20(26)23(17)18;1-4-19-9-5-10-20-11-8-13-12-16(21-2)18(22-3)14-6-7-15(20)17(13)14;7-5-3-1-2-4-6(5)11(8,9)10;;;/h5-6,8-9,16,20H,4,7,10-15H2,1-3H3;12,15,19H,4-11H2,1-3H3;1-4H;3*1H. The van der Waals surface area contributed by atoms with Gasteiger partial charge in [-0.15, -0.1) is 37.2 Å². The van der Waals surface area contributed by atoms with Crippen LogP contribution in [0, 0.1) is 0 Å². The van der Waals surface area contributed by atoms with Crippen LogP contribution >= 0.6 is 71.1 Å². The summed E-state index contributed by atoms with van der Waals surface area (Å²) < 4.78 is 71.6. The average molecular weight is 1100 g/mol. The maximum atomic E-state index is 13.1. The lowest BCUT2D eigenvalue weighted by Crippen LogP contribution is -2.38. The molecule has 0 spiro atoms. The lowest BCUT2D eigenvalue weighted by molar-refractivity contribution is 0.179. The lowest BCUT2D eigenvalue weighted by atomic mass is 9.92. The van der Waals surface area contributed by atoms with Gasteiger partial charge in [0.2, 0.25) is 10.0 Å². The number of sulfonamides is 1. The summed E-state index contributed by atoms with van der Waals surface area (Å²) in [6.45, 7) is 11.3. The van der Waals surface area contributed by atoms with E-state index in [4.69, 9.17) is 52.8 Å². The molecule has 0 bridgehead atoms. The van der Waals surface area contributed by atoms with Crippen LogP contribution in [0.4, 0.5) is 0 Å². The molecule has 0 radical (unpaired) electrons. The van der Waals surface area contributed by atoms with E-state index in [0.29, 0.717) is 25.2 Å². The molecule has 4 aliphatic rings. The first-order valence-corrected chi connectivity index (χ1v) is 26.9. The molecule has 1 N–H and O–H groups in total. The Morgan fingerprint density at radius 2 is 1.12 bits per heavy atom. The van der Waals surface area contributed by atoms with E-state index in [-0.39, 0.29) is 57.1 Å². The van der Waals surface area contributed by atoms with Crippen LogP contribution in [0.5, 0.6) is 23.0 Å². The maximum Gasteiger partial charge on any atom is 0.262 e. The van der Waals surface area contributed by atoms with Crippen LogP contribution in [-0.2, 0) is 44.8 Å². The third-order valence-corrected chi connectivity index (χ3v) is 17.1. The van der Waals surface area contributed by atoms with Crippen molar-refractivity contribution >= 4 is 90.2 Å². The number of hydrogen-bond acceptors (Lipinski definition) is 11. The highest BCUT2D eigenvalue weighted by molar-refractivity contribution is 8.13. The monoisotopic (exact) mass is 1100 g/mol. The summed E-state index contributed by atoms with van der Waals surface area (Å²) >= 11 is 11.7. The molecule has 0 saturated carbocycles. The molecule has 0 saturated heterocycles. The molecule has 0 aromatic heterocycles. The molecule has 2 atom stereocenters. The minimum atomic E-state index is -3.69. The number of nitrogens with one attached hydrogen (secondary N) is 1. The van der Waals surface area contributed by atoms with E-state index >= 15 is 0 Å². The second-order valence-corrected chi connectivity index (χ2v) is 21.6. The van der Waals surface area contributed by atoms with Crippen molar-refractivity contribution in [2.45, 2.75) is 87.1 Å². The number of rotatable bonds is 17. The summed E-state index contributed by atoms with van der Waals surface area (Å²) in [5.74, 6) is 3.54.